The molecule has 0 aromatic heterocycles. The SMILES string of the molecule is C#CCNC(CC)c1ccc(CC)cc1. The van der Waals surface area contributed by atoms with Crippen molar-refractivity contribution in [3.63, 3.8) is 0 Å². The van der Waals surface area contributed by atoms with Crippen molar-refractivity contribution in [2.24, 2.45) is 0 Å². The summed E-state index contributed by atoms with van der Waals surface area (Å²) in [5.74, 6) is 2.61. The van der Waals surface area contributed by atoms with Gasteiger partial charge in [0.05, 0.1) is 6.54 Å². The topological polar surface area (TPSA) is 12.0 Å². The second-order valence-corrected chi connectivity index (χ2v) is 3.64. The first-order valence-corrected chi connectivity index (χ1v) is 5.57. The number of nitrogens with one attached hydrogen (secondary N) is 1. The molecule has 1 nitrogen and oxygen atoms in total. The van der Waals surface area contributed by atoms with E-state index < -0.39 is 0 Å². The van der Waals surface area contributed by atoms with Gasteiger partial charge in [0.2, 0.25) is 0 Å². The van der Waals surface area contributed by atoms with Crippen LogP contribution in [0.3, 0.4) is 0 Å². The molecule has 0 spiro atoms. The lowest BCUT2D eigenvalue weighted by molar-refractivity contribution is 0.555. The predicted octanol–water partition coefficient (Wildman–Crippen LogP) is 2.92. The Balaban J connectivity index is 2.70. The van der Waals surface area contributed by atoms with Crippen molar-refractivity contribution in [2.75, 3.05) is 6.54 Å². The molecule has 0 aliphatic carbocycles. The monoisotopic (exact) mass is 201 g/mol. The van der Waals surface area contributed by atoms with Crippen LogP contribution in [0, 0.1) is 12.3 Å². The van der Waals surface area contributed by atoms with Crippen molar-refractivity contribution >= 4 is 0 Å². The minimum absolute atomic E-state index is 0.381. The molecule has 0 heterocycles. The number of hydrogen-bond donors (Lipinski definition) is 1. The second kappa shape index (κ2) is 6.27. The van der Waals surface area contributed by atoms with E-state index in [-0.39, 0.29) is 0 Å². The number of rotatable bonds is 5. The highest BCUT2D eigenvalue weighted by Crippen LogP contribution is 2.17. The number of hydrogen-bond acceptors (Lipinski definition) is 1. The Morgan fingerprint density at radius 2 is 1.93 bits per heavy atom. The van der Waals surface area contributed by atoms with Gasteiger partial charge < -0.3 is 0 Å². The highest BCUT2D eigenvalue weighted by atomic mass is 14.9. The van der Waals surface area contributed by atoms with Gasteiger partial charge in [-0.3, -0.25) is 5.32 Å². The van der Waals surface area contributed by atoms with Crippen LogP contribution in [0.2, 0.25) is 0 Å². The van der Waals surface area contributed by atoms with Crippen LogP contribution >= 0.6 is 0 Å². The van der Waals surface area contributed by atoms with E-state index >= 15 is 0 Å². The molecule has 0 radical (unpaired) electrons. The quantitative estimate of drug-likeness (QED) is 0.722. The fourth-order valence-corrected chi connectivity index (χ4v) is 1.67. The molecular weight excluding hydrogens is 182 g/mol. The van der Waals surface area contributed by atoms with Crippen LogP contribution in [0.25, 0.3) is 0 Å². The van der Waals surface area contributed by atoms with Crippen molar-refractivity contribution in [1.29, 1.82) is 0 Å². The Morgan fingerprint density at radius 1 is 1.27 bits per heavy atom. The van der Waals surface area contributed by atoms with E-state index in [1.165, 1.54) is 11.1 Å². The summed E-state index contributed by atoms with van der Waals surface area (Å²) in [7, 11) is 0. The smallest absolute Gasteiger partial charge is 0.0578 e. The van der Waals surface area contributed by atoms with E-state index in [1.54, 1.807) is 0 Å². The summed E-state index contributed by atoms with van der Waals surface area (Å²) in [6.07, 6.45) is 7.40. The zero-order valence-corrected chi connectivity index (χ0v) is 9.59. The lowest BCUT2D eigenvalue weighted by Crippen LogP contribution is -2.20. The van der Waals surface area contributed by atoms with E-state index in [1.807, 2.05) is 0 Å². The summed E-state index contributed by atoms with van der Waals surface area (Å²) in [6.45, 7) is 4.97. The molecule has 1 unspecified atom stereocenters. The molecule has 0 saturated heterocycles. The van der Waals surface area contributed by atoms with E-state index in [0.717, 1.165) is 12.8 Å². The predicted molar refractivity (Wildman–Crippen MR) is 65.7 cm³/mol. The van der Waals surface area contributed by atoms with Gasteiger partial charge in [-0.1, -0.05) is 44.0 Å². The van der Waals surface area contributed by atoms with Gasteiger partial charge in [0, 0.05) is 6.04 Å². The van der Waals surface area contributed by atoms with Gasteiger partial charge in [0.25, 0.3) is 0 Å². The molecule has 0 bridgehead atoms. The molecule has 0 fully saturated rings. The average molecular weight is 201 g/mol. The third-order valence-electron chi connectivity index (χ3n) is 2.65. The van der Waals surface area contributed by atoms with E-state index in [0.29, 0.717) is 12.6 Å². The van der Waals surface area contributed by atoms with Crippen molar-refractivity contribution in [3.8, 4) is 12.3 Å². The molecule has 15 heavy (non-hydrogen) atoms. The third kappa shape index (κ3) is 3.42. The summed E-state index contributed by atoms with van der Waals surface area (Å²) in [5.41, 5.74) is 2.70. The van der Waals surface area contributed by atoms with Gasteiger partial charge in [-0.25, -0.2) is 0 Å². The number of aryl methyl sites for hydroxylation is 1. The van der Waals surface area contributed by atoms with Gasteiger partial charge >= 0.3 is 0 Å². The summed E-state index contributed by atoms with van der Waals surface area (Å²) in [6, 6.07) is 9.14. The van der Waals surface area contributed by atoms with Crippen LogP contribution in [0.4, 0.5) is 0 Å². The van der Waals surface area contributed by atoms with Crippen molar-refractivity contribution in [2.45, 2.75) is 32.7 Å². The van der Waals surface area contributed by atoms with Gasteiger partial charge in [-0.05, 0) is 24.0 Å². The molecule has 0 aliphatic heterocycles. The Kier molecular flexibility index (Phi) is 4.93. The molecule has 1 rings (SSSR count). The van der Waals surface area contributed by atoms with Crippen LogP contribution in [0.15, 0.2) is 24.3 Å². The van der Waals surface area contributed by atoms with Crippen LogP contribution in [0.1, 0.15) is 37.4 Å². The molecule has 1 atom stereocenters. The molecule has 0 amide bonds. The zero-order chi connectivity index (χ0) is 11.1. The van der Waals surface area contributed by atoms with E-state index in [9.17, 15) is 0 Å². The molecule has 1 N–H and O–H groups in total. The Labute approximate surface area is 92.9 Å². The summed E-state index contributed by atoms with van der Waals surface area (Å²) >= 11 is 0. The Morgan fingerprint density at radius 3 is 2.40 bits per heavy atom. The Bertz CT molecular complexity index is 318. The minimum atomic E-state index is 0.381. The molecule has 80 valence electrons. The normalized spacial score (nSPS) is 12.1. The Hall–Kier alpha value is -1.26. The fraction of sp³-hybridized carbons (Fsp3) is 0.429. The summed E-state index contributed by atoms with van der Waals surface area (Å²) in [4.78, 5) is 0. The number of benzene rings is 1. The minimum Gasteiger partial charge on any atom is -0.299 e. The molecule has 0 aliphatic rings. The lowest BCUT2D eigenvalue weighted by Gasteiger charge is -2.16. The molecule has 1 heteroatoms. The van der Waals surface area contributed by atoms with Crippen LogP contribution in [-0.2, 0) is 6.42 Å². The maximum absolute atomic E-state index is 5.24. The largest absolute Gasteiger partial charge is 0.299 e. The molecule has 1 aromatic carbocycles. The first-order chi connectivity index (χ1) is 7.31. The van der Waals surface area contributed by atoms with Gasteiger partial charge in [0.1, 0.15) is 0 Å². The summed E-state index contributed by atoms with van der Waals surface area (Å²) < 4.78 is 0. The first kappa shape index (κ1) is 11.8. The van der Waals surface area contributed by atoms with Gasteiger partial charge in [0.15, 0.2) is 0 Å². The van der Waals surface area contributed by atoms with Gasteiger partial charge in [-0.2, -0.15) is 0 Å². The number of terminal acetylenes is 1. The van der Waals surface area contributed by atoms with Crippen LogP contribution in [-0.4, -0.2) is 6.54 Å². The highest BCUT2D eigenvalue weighted by molar-refractivity contribution is 5.25. The van der Waals surface area contributed by atoms with Crippen LogP contribution < -0.4 is 5.32 Å². The van der Waals surface area contributed by atoms with Gasteiger partial charge in [-0.15, -0.1) is 6.42 Å². The zero-order valence-electron chi connectivity index (χ0n) is 9.59. The summed E-state index contributed by atoms with van der Waals surface area (Å²) in [5, 5.41) is 3.34. The molecule has 0 saturated carbocycles. The van der Waals surface area contributed by atoms with E-state index in [4.69, 9.17) is 6.42 Å². The lowest BCUT2D eigenvalue weighted by atomic mass is 10.0. The highest BCUT2D eigenvalue weighted by Gasteiger charge is 2.06. The van der Waals surface area contributed by atoms with Crippen molar-refractivity contribution < 1.29 is 0 Å². The maximum atomic E-state index is 5.24. The van der Waals surface area contributed by atoms with E-state index in [2.05, 4.69) is 49.4 Å². The maximum Gasteiger partial charge on any atom is 0.0578 e. The second-order valence-electron chi connectivity index (χ2n) is 3.64. The average Bonchev–Trinajstić information content (AvgIpc) is 2.31. The fourth-order valence-electron chi connectivity index (χ4n) is 1.67. The van der Waals surface area contributed by atoms with Crippen LogP contribution in [0.5, 0.6) is 0 Å². The molecular formula is C14H19N. The molecule has 1 aromatic rings. The third-order valence-corrected chi connectivity index (χ3v) is 2.65. The first-order valence-electron chi connectivity index (χ1n) is 5.57. The standard InChI is InChI=1S/C14H19N/c1-4-11-15-14(6-3)13-9-7-12(5-2)8-10-13/h1,7-10,14-15H,5-6,11H2,2-3H3. The van der Waals surface area contributed by atoms with Crippen molar-refractivity contribution in [3.05, 3.63) is 35.4 Å². The van der Waals surface area contributed by atoms with Crippen molar-refractivity contribution in [1.82, 2.24) is 5.32 Å².